The van der Waals surface area contributed by atoms with E-state index < -0.39 is 11.9 Å². The molecule has 0 saturated heterocycles. The van der Waals surface area contributed by atoms with Crippen molar-refractivity contribution in [3.05, 3.63) is 0 Å². The molecule has 0 spiro atoms. The van der Waals surface area contributed by atoms with Crippen molar-refractivity contribution in [2.45, 2.75) is 104 Å². The summed E-state index contributed by atoms with van der Waals surface area (Å²) in [6, 6.07) is 0. The van der Waals surface area contributed by atoms with Crippen LogP contribution in [0.25, 0.3) is 0 Å². The molecule has 0 radical (unpaired) electrons. The second kappa shape index (κ2) is 15.8. The van der Waals surface area contributed by atoms with Crippen LogP contribution in [0, 0.1) is 0 Å². The monoisotopic (exact) mass is 328 g/mol. The summed E-state index contributed by atoms with van der Waals surface area (Å²) in [5, 5.41) is 0. The summed E-state index contributed by atoms with van der Waals surface area (Å²) < 4.78 is 10.3. The number of ether oxygens (including phenoxy) is 2. The molecule has 0 bridgehead atoms. The van der Waals surface area contributed by atoms with E-state index in [4.69, 9.17) is 9.47 Å². The van der Waals surface area contributed by atoms with Gasteiger partial charge in [-0.15, -0.1) is 0 Å². The lowest BCUT2D eigenvalue weighted by atomic mass is 10.1. The minimum atomic E-state index is -0.474. The molecule has 0 aromatic carbocycles. The van der Waals surface area contributed by atoms with Gasteiger partial charge < -0.3 is 9.47 Å². The first-order valence-corrected chi connectivity index (χ1v) is 9.45. The maximum Gasteiger partial charge on any atom is 0.317 e. The van der Waals surface area contributed by atoms with Crippen LogP contribution in [-0.2, 0) is 19.1 Å². The first-order valence-electron chi connectivity index (χ1n) is 9.45. The predicted molar refractivity (Wildman–Crippen MR) is 93.3 cm³/mol. The van der Waals surface area contributed by atoms with Crippen LogP contribution in [-0.4, -0.2) is 24.6 Å². The van der Waals surface area contributed by atoms with E-state index in [0.29, 0.717) is 6.61 Å². The zero-order valence-corrected chi connectivity index (χ0v) is 15.4. The van der Waals surface area contributed by atoms with Gasteiger partial charge in [-0.3, -0.25) is 9.59 Å². The van der Waals surface area contributed by atoms with Crippen LogP contribution in [0.1, 0.15) is 97.8 Å². The van der Waals surface area contributed by atoms with Crippen molar-refractivity contribution < 1.29 is 19.1 Å². The summed E-state index contributed by atoms with van der Waals surface area (Å²) in [5.74, 6) is -0.944. The maximum atomic E-state index is 11.7. The summed E-state index contributed by atoms with van der Waals surface area (Å²) in [6.45, 7) is 6.63. The van der Waals surface area contributed by atoms with Gasteiger partial charge in [0.1, 0.15) is 6.42 Å². The van der Waals surface area contributed by atoms with Crippen molar-refractivity contribution >= 4 is 11.9 Å². The van der Waals surface area contributed by atoms with E-state index in [2.05, 4.69) is 13.8 Å². The SMILES string of the molecule is CCCCCCCCC(C)OC(=O)CC(=O)OCCCCCC. The van der Waals surface area contributed by atoms with Gasteiger partial charge in [0.2, 0.25) is 0 Å². The molecule has 0 fully saturated rings. The fourth-order valence-corrected chi connectivity index (χ4v) is 2.42. The molecule has 0 N–H and O–H groups in total. The fraction of sp³-hybridized carbons (Fsp3) is 0.895. The molecule has 136 valence electrons. The molecule has 0 saturated carbocycles. The van der Waals surface area contributed by atoms with Crippen molar-refractivity contribution in [3.63, 3.8) is 0 Å². The van der Waals surface area contributed by atoms with Crippen molar-refractivity contribution in [3.8, 4) is 0 Å². The zero-order valence-electron chi connectivity index (χ0n) is 15.4. The van der Waals surface area contributed by atoms with Gasteiger partial charge in [0.05, 0.1) is 12.7 Å². The lowest BCUT2D eigenvalue weighted by Crippen LogP contribution is -2.19. The third kappa shape index (κ3) is 15.6. The molecule has 0 aromatic rings. The average Bonchev–Trinajstić information content (AvgIpc) is 2.50. The quantitative estimate of drug-likeness (QED) is 0.236. The van der Waals surface area contributed by atoms with E-state index in [1.807, 2.05) is 6.92 Å². The Hall–Kier alpha value is -1.06. The lowest BCUT2D eigenvalue weighted by molar-refractivity contribution is -0.157. The molecular weight excluding hydrogens is 292 g/mol. The van der Waals surface area contributed by atoms with Gasteiger partial charge in [0.25, 0.3) is 0 Å². The Morgan fingerprint density at radius 2 is 1.35 bits per heavy atom. The van der Waals surface area contributed by atoms with Crippen LogP contribution in [0.15, 0.2) is 0 Å². The summed E-state index contributed by atoms with van der Waals surface area (Å²) in [7, 11) is 0. The first kappa shape index (κ1) is 21.9. The Kier molecular flexibility index (Phi) is 15.1. The van der Waals surface area contributed by atoms with Crippen molar-refractivity contribution in [1.82, 2.24) is 0 Å². The van der Waals surface area contributed by atoms with Gasteiger partial charge in [0.15, 0.2) is 0 Å². The molecule has 1 atom stereocenters. The highest BCUT2D eigenvalue weighted by Gasteiger charge is 2.15. The molecule has 0 heterocycles. The molecule has 0 amide bonds. The van der Waals surface area contributed by atoms with Crippen LogP contribution in [0.5, 0.6) is 0 Å². The minimum absolute atomic E-state index is 0.119. The van der Waals surface area contributed by atoms with Crippen LogP contribution in [0.3, 0.4) is 0 Å². The van der Waals surface area contributed by atoms with Crippen molar-refractivity contribution in [2.24, 2.45) is 0 Å². The molecular formula is C19H36O4. The second-order valence-electron chi connectivity index (χ2n) is 6.31. The number of unbranched alkanes of at least 4 members (excludes halogenated alkanes) is 8. The molecule has 1 unspecified atom stereocenters. The van der Waals surface area contributed by atoms with Crippen molar-refractivity contribution in [1.29, 1.82) is 0 Å². The molecule has 0 aliphatic rings. The molecule has 0 aliphatic carbocycles. The fourth-order valence-electron chi connectivity index (χ4n) is 2.42. The number of carbonyl (C=O) groups is 2. The van der Waals surface area contributed by atoms with E-state index in [0.717, 1.165) is 38.5 Å². The summed E-state index contributed by atoms with van der Waals surface area (Å²) in [6.07, 6.45) is 12.0. The number of hydrogen-bond donors (Lipinski definition) is 0. The molecule has 0 aromatic heterocycles. The Morgan fingerprint density at radius 1 is 0.783 bits per heavy atom. The highest BCUT2D eigenvalue weighted by molar-refractivity contribution is 5.91. The average molecular weight is 328 g/mol. The van der Waals surface area contributed by atoms with Gasteiger partial charge >= 0.3 is 11.9 Å². The van der Waals surface area contributed by atoms with Gasteiger partial charge in [-0.05, 0) is 26.2 Å². The van der Waals surface area contributed by atoms with Crippen LogP contribution >= 0.6 is 0 Å². The molecule has 0 aliphatic heterocycles. The first-order chi connectivity index (χ1) is 11.1. The Bertz CT molecular complexity index is 302. The van der Waals surface area contributed by atoms with Gasteiger partial charge in [0, 0.05) is 0 Å². The normalized spacial score (nSPS) is 12.0. The Balaban J connectivity index is 3.57. The smallest absolute Gasteiger partial charge is 0.317 e. The third-order valence-corrected chi connectivity index (χ3v) is 3.85. The number of carbonyl (C=O) groups excluding carboxylic acids is 2. The molecule has 4 heteroatoms. The van der Waals surface area contributed by atoms with E-state index in [9.17, 15) is 9.59 Å². The predicted octanol–water partition coefficient (Wildman–Crippen LogP) is 5.18. The van der Waals surface area contributed by atoms with Gasteiger partial charge in [-0.25, -0.2) is 0 Å². The highest BCUT2D eigenvalue weighted by Crippen LogP contribution is 2.11. The van der Waals surface area contributed by atoms with Gasteiger partial charge in [-0.1, -0.05) is 65.2 Å². The van der Waals surface area contributed by atoms with E-state index >= 15 is 0 Å². The minimum Gasteiger partial charge on any atom is -0.465 e. The Labute approximate surface area is 142 Å². The molecule has 0 rings (SSSR count). The molecule has 23 heavy (non-hydrogen) atoms. The third-order valence-electron chi connectivity index (χ3n) is 3.85. The zero-order chi connectivity index (χ0) is 17.3. The summed E-state index contributed by atoms with van der Waals surface area (Å²) in [5.41, 5.74) is 0. The van der Waals surface area contributed by atoms with Crippen LogP contribution < -0.4 is 0 Å². The summed E-state index contributed by atoms with van der Waals surface area (Å²) >= 11 is 0. The number of rotatable bonds is 15. The summed E-state index contributed by atoms with van der Waals surface area (Å²) in [4.78, 5) is 23.2. The van der Waals surface area contributed by atoms with E-state index in [-0.39, 0.29) is 12.5 Å². The van der Waals surface area contributed by atoms with Crippen molar-refractivity contribution in [2.75, 3.05) is 6.61 Å². The van der Waals surface area contributed by atoms with E-state index in [1.165, 1.54) is 32.1 Å². The maximum absolute atomic E-state index is 11.7. The Morgan fingerprint density at radius 3 is 2.00 bits per heavy atom. The second-order valence-corrected chi connectivity index (χ2v) is 6.31. The van der Waals surface area contributed by atoms with Crippen LogP contribution in [0.2, 0.25) is 0 Å². The lowest BCUT2D eigenvalue weighted by Gasteiger charge is -2.13. The van der Waals surface area contributed by atoms with Gasteiger partial charge in [-0.2, -0.15) is 0 Å². The topological polar surface area (TPSA) is 52.6 Å². The van der Waals surface area contributed by atoms with E-state index in [1.54, 1.807) is 0 Å². The molecule has 4 nitrogen and oxygen atoms in total. The highest BCUT2D eigenvalue weighted by atomic mass is 16.6. The largest absolute Gasteiger partial charge is 0.465 e. The number of hydrogen-bond acceptors (Lipinski definition) is 4. The standard InChI is InChI=1S/C19H36O4/c1-4-6-8-10-11-12-14-17(3)23-19(21)16-18(20)22-15-13-9-7-5-2/h17H,4-16H2,1-3H3. The van der Waals surface area contributed by atoms with Crippen LogP contribution in [0.4, 0.5) is 0 Å². The number of esters is 2.